The van der Waals surface area contributed by atoms with Gasteiger partial charge in [-0.15, -0.1) is 11.3 Å². The van der Waals surface area contributed by atoms with Gasteiger partial charge < -0.3 is 10.6 Å². The summed E-state index contributed by atoms with van der Waals surface area (Å²) in [5.41, 5.74) is 3.82. The Morgan fingerprint density at radius 1 is 1.67 bits per heavy atom. The Morgan fingerprint density at radius 2 is 2.47 bits per heavy atom. The minimum absolute atomic E-state index is 0.0277. The summed E-state index contributed by atoms with van der Waals surface area (Å²) in [6.45, 7) is 4.14. The van der Waals surface area contributed by atoms with Gasteiger partial charge in [-0.1, -0.05) is 0 Å². The highest BCUT2D eigenvalue weighted by atomic mass is 32.1. The predicted molar refractivity (Wildman–Crippen MR) is 59.5 cm³/mol. The number of aromatic nitrogens is 1. The van der Waals surface area contributed by atoms with Gasteiger partial charge in [0, 0.05) is 29.7 Å². The molecule has 0 unspecified atom stereocenters. The molecule has 1 saturated heterocycles. The molecular formula is C10H13N3OS. The summed E-state index contributed by atoms with van der Waals surface area (Å²) < 4.78 is 0. The summed E-state index contributed by atoms with van der Waals surface area (Å²) in [6, 6.07) is 0. The van der Waals surface area contributed by atoms with Crippen LogP contribution in [0.25, 0.3) is 0 Å². The molecule has 1 aromatic heterocycles. The van der Waals surface area contributed by atoms with Crippen LogP contribution in [0.4, 0.5) is 0 Å². The molecule has 1 aliphatic heterocycles. The highest BCUT2D eigenvalue weighted by Gasteiger charge is 2.15. The van der Waals surface area contributed by atoms with Crippen molar-refractivity contribution in [2.75, 3.05) is 13.1 Å². The number of thiazole rings is 1. The Hall–Kier alpha value is -1.20. The van der Waals surface area contributed by atoms with Gasteiger partial charge in [-0.05, 0) is 12.5 Å². The molecule has 2 N–H and O–H groups in total. The maximum atomic E-state index is 11.7. The van der Waals surface area contributed by atoms with Crippen LogP contribution in [-0.2, 0) is 11.3 Å². The summed E-state index contributed by atoms with van der Waals surface area (Å²) in [4.78, 5) is 16.7. The summed E-state index contributed by atoms with van der Waals surface area (Å²) in [7, 11) is 0. The van der Waals surface area contributed by atoms with Crippen LogP contribution in [0.3, 0.4) is 0 Å². The third kappa shape index (κ3) is 2.43. The molecular weight excluding hydrogens is 210 g/mol. The van der Waals surface area contributed by atoms with Crippen molar-refractivity contribution in [2.45, 2.75) is 13.5 Å². The van der Waals surface area contributed by atoms with Gasteiger partial charge in [0.15, 0.2) is 0 Å². The van der Waals surface area contributed by atoms with E-state index in [4.69, 9.17) is 0 Å². The van der Waals surface area contributed by atoms with Crippen molar-refractivity contribution in [3.8, 4) is 0 Å². The topological polar surface area (TPSA) is 54.0 Å². The van der Waals surface area contributed by atoms with E-state index in [2.05, 4.69) is 15.6 Å². The number of carbonyl (C=O) groups is 1. The number of hydrogen-bond acceptors (Lipinski definition) is 4. The fraction of sp³-hybridized carbons (Fsp3) is 0.400. The summed E-state index contributed by atoms with van der Waals surface area (Å²) in [6.07, 6.45) is 1.78. The van der Waals surface area contributed by atoms with Crippen molar-refractivity contribution in [1.82, 2.24) is 15.6 Å². The fourth-order valence-corrected chi connectivity index (χ4v) is 1.84. The lowest BCUT2D eigenvalue weighted by Gasteiger charge is -2.21. The van der Waals surface area contributed by atoms with Crippen LogP contribution in [0.15, 0.2) is 22.9 Å². The lowest BCUT2D eigenvalue weighted by molar-refractivity contribution is -0.117. The van der Waals surface area contributed by atoms with E-state index in [0.29, 0.717) is 6.54 Å². The zero-order valence-corrected chi connectivity index (χ0v) is 9.36. The number of nitrogens with zero attached hydrogens (tertiary/aromatic N) is 1. The Bertz CT molecular complexity index is 377. The van der Waals surface area contributed by atoms with Gasteiger partial charge in [0.25, 0.3) is 0 Å². The first-order valence-electron chi connectivity index (χ1n) is 4.82. The molecule has 4 nitrogen and oxygen atoms in total. The van der Waals surface area contributed by atoms with Crippen LogP contribution in [0.5, 0.6) is 0 Å². The van der Waals surface area contributed by atoms with Crippen molar-refractivity contribution < 1.29 is 4.79 Å². The first kappa shape index (κ1) is 10.3. The zero-order valence-electron chi connectivity index (χ0n) is 8.54. The molecule has 0 atom stereocenters. The SMILES string of the molecule is CC(C(=O)NCc1cncs1)=C1CNC1. The lowest BCUT2D eigenvalue weighted by Crippen LogP contribution is -2.37. The Labute approximate surface area is 92.4 Å². The van der Waals surface area contributed by atoms with Crippen molar-refractivity contribution in [3.05, 3.63) is 27.7 Å². The molecule has 80 valence electrons. The van der Waals surface area contributed by atoms with Gasteiger partial charge in [0.1, 0.15) is 0 Å². The number of hydrogen-bond donors (Lipinski definition) is 2. The average Bonchev–Trinajstić information content (AvgIpc) is 2.63. The number of rotatable bonds is 3. The molecule has 5 heteroatoms. The van der Waals surface area contributed by atoms with Crippen molar-refractivity contribution in [3.63, 3.8) is 0 Å². The van der Waals surface area contributed by atoms with Crippen molar-refractivity contribution in [2.24, 2.45) is 0 Å². The van der Waals surface area contributed by atoms with Gasteiger partial charge in [-0.25, -0.2) is 0 Å². The molecule has 0 aliphatic carbocycles. The molecule has 0 saturated carbocycles. The molecule has 0 bridgehead atoms. The third-order valence-corrected chi connectivity index (χ3v) is 3.23. The maximum Gasteiger partial charge on any atom is 0.247 e. The Kier molecular flexibility index (Phi) is 3.13. The average molecular weight is 223 g/mol. The molecule has 1 aliphatic rings. The van der Waals surface area contributed by atoms with E-state index >= 15 is 0 Å². The Balaban J connectivity index is 1.87. The molecule has 15 heavy (non-hydrogen) atoms. The smallest absolute Gasteiger partial charge is 0.247 e. The molecule has 0 spiro atoms. The quantitative estimate of drug-likeness (QED) is 0.741. The van der Waals surface area contributed by atoms with E-state index in [1.54, 1.807) is 23.0 Å². The minimum atomic E-state index is 0.0277. The van der Waals surface area contributed by atoms with Crippen LogP contribution in [-0.4, -0.2) is 24.0 Å². The van der Waals surface area contributed by atoms with Gasteiger partial charge in [-0.3, -0.25) is 9.78 Å². The Morgan fingerprint density at radius 3 is 3.00 bits per heavy atom. The number of amides is 1. The molecule has 1 amide bonds. The third-order valence-electron chi connectivity index (χ3n) is 2.45. The van der Waals surface area contributed by atoms with Gasteiger partial charge in [0.2, 0.25) is 5.91 Å². The van der Waals surface area contributed by atoms with Gasteiger partial charge in [0.05, 0.1) is 12.1 Å². The zero-order chi connectivity index (χ0) is 10.7. The number of carbonyl (C=O) groups excluding carboxylic acids is 1. The summed E-state index contributed by atoms with van der Waals surface area (Å²) in [5.74, 6) is 0.0277. The maximum absolute atomic E-state index is 11.7. The molecule has 2 heterocycles. The van der Waals surface area contributed by atoms with E-state index in [0.717, 1.165) is 23.5 Å². The van der Waals surface area contributed by atoms with Crippen LogP contribution in [0.1, 0.15) is 11.8 Å². The highest BCUT2D eigenvalue weighted by Crippen LogP contribution is 2.09. The van der Waals surface area contributed by atoms with Gasteiger partial charge in [-0.2, -0.15) is 0 Å². The second-order valence-electron chi connectivity index (χ2n) is 3.48. The van der Waals surface area contributed by atoms with Crippen molar-refractivity contribution in [1.29, 1.82) is 0 Å². The summed E-state index contributed by atoms with van der Waals surface area (Å²) in [5, 5.41) is 6.00. The van der Waals surface area contributed by atoms with E-state index in [-0.39, 0.29) is 5.91 Å². The fourth-order valence-electron chi connectivity index (χ4n) is 1.31. The first-order valence-corrected chi connectivity index (χ1v) is 5.70. The van der Waals surface area contributed by atoms with Crippen LogP contribution >= 0.6 is 11.3 Å². The van der Waals surface area contributed by atoms with Crippen LogP contribution in [0.2, 0.25) is 0 Å². The van der Waals surface area contributed by atoms with Crippen LogP contribution < -0.4 is 10.6 Å². The van der Waals surface area contributed by atoms with Gasteiger partial charge >= 0.3 is 0 Å². The second-order valence-corrected chi connectivity index (χ2v) is 4.45. The first-order chi connectivity index (χ1) is 7.27. The van der Waals surface area contributed by atoms with E-state index in [1.807, 2.05) is 6.92 Å². The van der Waals surface area contributed by atoms with Crippen molar-refractivity contribution >= 4 is 17.2 Å². The van der Waals surface area contributed by atoms with Crippen LogP contribution in [0, 0.1) is 0 Å². The molecule has 0 radical (unpaired) electrons. The van der Waals surface area contributed by atoms with E-state index < -0.39 is 0 Å². The predicted octanol–water partition coefficient (Wildman–Crippen LogP) is 0.679. The van der Waals surface area contributed by atoms with E-state index in [9.17, 15) is 4.79 Å². The standard InChI is InChI=1S/C10H13N3OS/c1-7(8-2-11-3-8)10(14)13-5-9-4-12-6-15-9/h4,6,11H,2-3,5H2,1H3,(H,13,14). The minimum Gasteiger partial charge on any atom is -0.347 e. The molecule has 1 fully saturated rings. The number of nitrogens with one attached hydrogen (secondary N) is 2. The molecule has 2 rings (SSSR count). The summed E-state index contributed by atoms with van der Waals surface area (Å²) >= 11 is 1.55. The lowest BCUT2D eigenvalue weighted by atomic mass is 10.0. The highest BCUT2D eigenvalue weighted by molar-refractivity contribution is 7.09. The molecule has 1 aromatic rings. The second kappa shape index (κ2) is 4.55. The monoisotopic (exact) mass is 223 g/mol. The normalized spacial score (nSPS) is 14.6. The largest absolute Gasteiger partial charge is 0.347 e. The molecule has 0 aromatic carbocycles. The van der Waals surface area contributed by atoms with E-state index in [1.165, 1.54) is 5.57 Å².